The van der Waals surface area contributed by atoms with E-state index in [2.05, 4.69) is 4.72 Å². The van der Waals surface area contributed by atoms with Crippen LogP contribution in [0.5, 0.6) is 0 Å². The lowest BCUT2D eigenvalue weighted by atomic mass is 10.1. The van der Waals surface area contributed by atoms with Crippen molar-refractivity contribution in [3.63, 3.8) is 0 Å². The Morgan fingerprint density at radius 3 is 2.44 bits per heavy atom. The molecule has 7 heteroatoms. The van der Waals surface area contributed by atoms with E-state index in [0.717, 1.165) is 27.6 Å². The summed E-state index contributed by atoms with van der Waals surface area (Å²) in [6.07, 6.45) is 0. The first-order valence-electron chi connectivity index (χ1n) is 8.52. The van der Waals surface area contributed by atoms with Crippen LogP contribution >= 0.6 is 11.3 Å². The van der Waals surface area contributed by atoms with Crippen molar-refractivity contribution < 1.29 is 8.42 Å². The van der Waals surface area contributed by atoms with Gasteiger partial charge in [0.1, 0.15) is 0 Å². The van der Waals surface area contributed by atoms with Gasteiger partial charge in [0.2, 0.25) is 0 Å². The summed E-state index contributed by atoms with van der Waals surface area (Å²) in [6, 6.07) is 18.0. The quantitative estimate of drug-likeness (QED) is 0.546. The molecule has 0 amide bonds. The second kappa shape index (κ2) is 6.51. The van der Waals surface area contributed by atoms with E-state index in [0.29, 0.717) is 10.4 Å². The SMILES string of the molecule is CC(C)n1c(=O)sc2cc(S(=O)(=O)Nc3ccc4ccccc4c3)ccc21. The molecule has 4 rings (SSSR count). The average molecular weight is 399 g/mol. The highest BCUT2D eigenvalue weighted by molar-refractivity contribution is 7.92. The Labute approximate surface area is 160 Å². The van der Waals surface area contributed by atoms with Crippen LogP contribution in [0.4, 0.5) is 5.69 Å². The normalized spacial score (nSPS) is 12.1. The van der Waals surface area contributed by atoms with Crippen molar-refractivity contribution in [2.24, 2.45) is 0 Å². The fourth-order valence-corrected chi connectivity index (χ4v) is 5.34. The first kappa shape index (κ1) is 17.8. The summed E-state index contributed by atoms with van der Waals surface area (Å²) < 4.78 is 30.6. The molecule has 0 bridgehead atoms. The molecule has 0 aliphatic heterocycles. The number of benzene rings is 3. The molecule has 1 heterocycles. The van der Waals surface area contributed by atoms with Crippen LogP contribution in [0.3, 0.4) is 0 Å². The summed E-state index contributed by atoms with van der Waals surface area (Å²) in [5.41, 5.74) is 1.26. The van der Waals surface area contributed by atoms with Crippen molar-refractivity contribution in [1.29, 1.82) is 0 Å². The Morgan fingerprint density at radius 2 is 1.70 bits per heavy atom. The van der Waals surface area contributed by atoms with Crippen molar-refractivity contribution in [2.45, 2.75) is 24.8 Å². The number of aromatic nitrogens is 1. The predicted octanol–water partition coefficient (Wildman–Crippen LogP) is 4.60. The van der Waals surface area contributed by atoms with Crippen LogP contribution in [0, 0.1) is 0 Å². The van der Waals surface area contributed by atoms with Crippen LogP contribution in [0.15, 0.2) is 70.4 Å². The number of thiazole rings is 1. The lowest BCUT2D eigenvalue weighted by Gasteiger charge is -2.10. The molecule has 0 atom stereocenters. The van der Waals surface area contributed by atoms with Crippen molar-refractivity contribution in [1.82, 2.24) is 4.57 Å². The Hall–Kier alpha value is -2.64. The predicted molar refractivity (Wildman–Crippen MR) is 111 cm³/mol. The second-order valence-electron chi connectivity index (χ2n) is 6.63. The summed E-state index contributed by atoms with van der Waals surface area (Å²) in [5.74, 6) is 0. The zero-order valence-corrected chi connectivity index (χ0v) is 16.5. The summed E-state index contributed by atoms with van der Waals surface area (Å²) >= 11 is 1.06. The van der Waals surface area contributed by atoms with Gasteiger partial charge < -0.3 is 0 Å². The number of hydrogen-bond acceptors (Lipinski definition) is 4. The highest BCUT2D eigenvalue weighted by Crippen LogP contribution is 2.26. The zero-order valence-electron chi connectivity index (χ0n) is 14.8. The van der Waals surface area contributed by atoms with Crippen molar-refractivity contribution >= 4 is 48.0 Å². The molecule has 3 aromatic carbocycles. The molecule has 0 saturated heterocycles. The van der Waals surface area contributed by atoms with E-state index in [4.69, 9.17) is 0 Å². The first-order chi connectivity index (χ1) is 12.8. The number of hydrogen-bond donors (Lipinski definition) is 1. The van der Waals surface area contributed by atoms with Gasteiger partial charge in [-0.25, -0.2) is 8.42 Å². The van der Waals surface area contributed by atoms with Gasteiger partial charge >= 0.3 is 4.87 Å². The zero-order chi connectivity index (χ0) is 19.2. The maximum absolute atomic E-state index is 12.8. The second-order valence-corrected chi connectivity index (χ2v) is 9.30. The molecule has 0 aliphatic carbocycles. The molecule has 0 aliphatic rings. The standard InChI is InChI=1S/C20H18N2O3S2/c1-13(2)22-18-10-9-17(12-19(18)26-20(22)23)27(24,25)21-16-8-7-14-5-3-4-6-15(14)11-16/h3-13,21H,1-2H3. The molecule has 138 valence electrons. The Balaban J connectivity index is 1.73. The third kappa shape index (κ3) is 3.24. The highest BCUT2D eigenvalue weighted by atomic mass is 32.2. The number of fused-ring (bicyclic) bond motifs is 2. The van der Waals surface area contributed by atoms with Crippen LogP contribution in [0.2, 0.25) is 0 Å². The maximum Gasteiger partial charge on any atom is 0.308 e. The van der Waals surface area contributed by atoms with Gasteiger partial charge in [-0.05, 0) is 55.0 Å². The fourth-order valence-electron chi connectivity index (χ4n) is 3.14. The van der Waals surface area contributed by atoms with Gasteiger partial charge in [-0.15, -0.1) is 0 Å². The van der Waals surface area contributed by atoms with Gasteiger partial charge in [0, 0.05) is 11.7 Å². The van der Waals surface area contributed by atoms with Crippen LogP contribution < -0.4 is 9.60 Å². The summed E-state index contributed by atoms with van der Waals surface area (Å²) in [7, 11) is -3.75. The van der Waals surface area contributed by atoms with E-state index >= 15 is 0 Å². The van der Waals surface area contributed by atoms with Gasteiger partial charge in [0.15, 0.2) is 0 Å². The van der Waals surface area contributed by atoms with Gasteiger partial charge in [-0.2, -0.15) is 0 Å². The lowest BCUT2D eigenvalue weighted by Crippen LogP contribution is -2.15. The molecular weight excluding hydrogens is 380 g/mol. The molecule has 0 fully saturated rings. The molecule has 1 aromatic heterocycles. The largest absolute Gasteiger partial charge is 0.308 e. The monoisotopic (exact) mass is 398 g/mol. The van der Waals surface area contributed by atoms with Gasteiger partial charge in [-0.1, -0.05) is 41.7 Å². The molecule has 0 radical (unpaired) electrons. The van der Waals surface area contributed by atoms with Gasteiger partial charge in [-0.3, -0.25) is 14.1 Å². The summed E-state index contributed by atoms with van der Waals surface area (Å²) in [5, 5.41) is 2.00. The topological polar surface area (TPSA) is 68.2 Å². The molecule has 4 aromatic rings. The van der Waals surface area contributed by atoms with E-state index in [1.807, 2.05) is 44.2 Å². The lowest BCUT2D eigenvalue weighted by molar-refractivity contribution is 0.601. The molecule has 0 saturated carbocycles. The number of nitrogens with zero attached hydrogens (tertiary/aromatic N) is 1. The van der Waals surface area contributed by atoms with E-state index < -0.39 is 10.0 Å². The third-order valence-electron chi connectivity index (χ3n) is 4.41. The van der Waals surface area contributed by atoms with Gasteiger partial charge in [0.25, 0.3) is 10.0 Å². The summed E-state index contributed by atoms with van der Waals surface area (Å²) in [6.45, 7) is 3.86. The molecule has 5 nitrogen and oxygen atoms in total. The number of nitrogens with one attached hydrogen (secondary N) is 1. The van der Waals surface area contributed by atoms with Crippen molar-refractivity contribution in [3.8, 4) is 0 Å². The number of sulfonamides is 1. The van der Waals surface area contributed by atoms with Crippen LogP contribution in [0.25, 0.3) is 21.0 Å². The van der Waals surface area contributed by atoms with Crippen LogP contribution in [-0.2, 0) is 10.0 Å². The molecule has 1 N–H and O–H groups in total. The molecule has 0 spiro atoms. The van der Waals surface area contributed by atoms with E-state index in [-0.39, 0.29) is 15.8 Å². The molecular formula is C20H18N2O3S2. The minimum Gasteiger partial charge on any atom is -0.296 e. The Kier molecular flexibility index (Phi) is 4.28. The molecule has 27 heavy (non-hydrogen) atoms. The van der Waals surface area contributed by atoms with E-state index in [9.17, 15) is 13.2 Å². The van der Waals surface area contributed by atoms with E-state index in [1.54, 1.807) is 28.8 Å². The highest BCUT2D eigenvalue weighted by Gasteiger charge is 2.18. The van der Waals surface area contributed by atoms with Crippen LogP contribution in [-0.4, -0.2) is 13.0 Å². The Morgan fingerprint density at radius 1 is 0.963 bits per heavy atom. The van der Waals surface area contributed by atoms with E-state index in [1.165, 1.54) is 6.07 Å². The smallest absolute Gasteiger partial charge is 0.296 e. The van der Waals surface area contributed by atoms with Crippen molar-refractivity contribution in [3.05, 3.63) is 70.3 Å². The number of rotatable bonds is 4. The minimum atomic E-state index is -3.75. The van der Waals surface area contributed by atoms with Crippen LogP contribution in [0.1, 0.15) is 19.9 Å². The Bertz CT molecular complexity index is 1320. The summed E-state index contributed by atoms with van der Waals surface area (Å²) in [4.78, 5) is 12.2. The fraction of sp³-hybridized carbons (Fsp3) is 0.150. The third-order valence-corrected chi connectivity index (χ3v) is 6.71. The minimum absolute atomic E-state index is 0.0180. The number of anilines is 1. The maximum atomic E-state index is 12.8. The average Bonchev–Trinajstić information content (AvgIpc) is 2.96. The van der Waals surface area contributed by atoms with Crippen molar-refractivity contribution in [2.75, 3.05) is 4.72 Å². The van der Waals surface area contributed by atoms with Gasteiger partial charge in [0.05, 0.1) is 15.1 Å². The molecule has 0 unspecified atom stereocenters. The first-order valence-corrected chi connectivity index (χ1v) is 10.8.